The van der Waals surface area contributed by atoms with E-state index in [4.69, 9.17) is 12.6 Å². The number of hydrogen-bond acceptors (Lipinski definition) is 0. The van der Waals surface area contributed by atoms with Crippen LogP contribution in [0.15, 0.2) is 0 Å². The van der Waals surface area contributed by atoms with Crippen molar-refractivity contribution in [3.63, 3.8) is 0 Å². The molecular weight excluding hydrogens is 128 g/mol. The largest absolute Gasteiger partial charge is 0.0938 e. The van der Waals surface area contributed by atoms with E-state index in [1.54, 1.807) is 0 Å². The van der Waals surface area contributed by atoms with E-state index in [1.807, 2.05) is 0 Å². The van der Waals surface area contributed by atoms with Gasteiger partial charge in [0.25, 0.3) is 0 Å². The molecule has 0 saturated heterocycles. The average molecular weight is 145 g/mol. The van der Waals surface area contributed by atoms with E-state index in [1.165, 1.54) is 12.8 Å². The third kappa shape index (κ3) is 3.14. The Kier molecular flexibility index (Phi) is 5.36. The van der Waals surface area contributed by atoms with E-state index < -0.39 is 0 Å². The van der Waals surface area contributed by atoms with Gasteiger partial charge >= 0.3 is 0 Å². The van der Waals surface area contributed by atoms with Crippen molar-refractivity contribution in [1.29, 1.82) is 0 Å². The molecule has 0 aliphatic heterocycles. The first-order chi connectivity index (χ1) is 4.26. The Morgan fingerprint density at radius 2 is 1.78 bits per heavy atom. The second kappa shape index (κ2) is 5.16. The van der Waals surface area contributed by atoms with E-state index in [2.05, 4.69) is 20.8 Å². The molecule has 0 aliphatic carbocycles. The van der Waals surface area contributed by atoms with Crippen LogP contribution in [0.4, 0.5) is 0 Å². The fourth-order valence-corrected chi connectivity index (χ4v) is 1.58. The van der Waals surface area contributed by atoms with Crippen molar-refractivity contribution >= 4 is 12.6 Å². The van der Waals surface area contributed by atoms with Crippen LogP contribution in [0.25, 0.3) is 0 Å². The van der Waals surface area contributed by atoms with Gasteiger partial charge in [-0.25, -0.2) is 0 Å². The summed E-state index contributed by atoms with van der Waals surface area (Å²) in [5.41, 5.74) is 0. The lowest BCUT2D eigenvalue weighted by atomic mass is 9.91. The second-order valence-electron chi connectivity index (χ2n) is 2.72. The van der Waals surface area contributed by atoms with Crippen molar-refractivity contribution in [3.8, 4) is 0 Å². The van der Waals surface area contributed by atoms with Gasteiger partial charge in [-0.3, -0.25) is 0 Å². The SMILES string of the molecule is CCC(C)C(CC)C[S]. The summed E-state index contributed by atoms with van der Waals surface area (Å²) in [7, 11) is 0. The molecule has 0 nitrogen and oxygen atoms in total. The Hall–Kier alpha value is 0.350. The molecule has 0 aromatic carbocycles. The van der Waals surface area contributed by atoms with Crippen molar-refractivity contribution < 1.29 is 0 Å². The van der Waals surface area contributed by atoms with E-state index in [9.17, 15) is 0 Å². The Bertz CT molecular complexity index is 57.6. The van der Waals surface area contributed by atoms with Gasteiger partial charge in [-0.15, -0.1) is 0 Å². The number of rotatable bonds is 4. The number of hydrogen-bond donors (Lipinski definition) is 0. The Labute approximate surface area is 64.4 Å². The highest BCUT2D eigenvalue weighted by atomic mass is 32.1. The zero-order valence-corrected chi connectivity index (χ0v) is 7.50. The molecule has 0 bridgehead atoms. The van der Waals surface area contributed by atoms with Crippen molar-refractivity contribution in [2.24, 2.45) is 11.8 Å². The van der Waals surface area contributed by atoms with Gasteiger partial charge in [-0.05, 0) is 11.8 Å². The molecule has 1 heteroatoms. The average Bonchev–Trinajstić information content (AvgIpc) is 1.90. The first-order valence-electron chi connectivity index (χ1n) is 3.84. The summed E-state index contributed by atoms with van der Waals surface area (Å²) in [4.78, 5) is 0. The van der Waals surface area contributed by atoms with Gasteiger partial charge in [0, 0.05) is 5.75 Å². The Morgan fingerprint density at radius 3 is 1.89 bits per heavy atom. The summed E-state index contributed by atoms with van der Waals surface area (Å²) in [5, 5.41) is 0. The van der Waals surface area contributed by atoms with E-state index in [0.717, 1.165) is 17.6 Å². The zero-order valence-electron chi connectivity index (χ0n) is 6.68. The van der Waals surface area contributed by atoms with E-state index >= 15 is 0 Å². The van der Waals surface area contributed by atoms with Crippen LogP contribution in [0.3, 0.4) is 0 Å². The summed E-state index contributed by atoms with van der Waals surface area (Å²) in [6.45, 7) is 6.75. The summed E-state index contributed by atoms with van der Waals surface area (Å²) in [6, 6.07) is 0. The molecule has 1 radical (unpaired) electrons. The minimum absolute atomic E-state index is 0.782. The van der Waals surface area contributed by atoms with Crippen LogP contribution in [-0.2, 0) is 0 Å². The smallest absolute Gasteiger partial charge is 0.00677 e. The molecule has 0 aliphatic rings. The zero-order chi connectivity index (χ0) is 7.28. The standard InChI is InChI=1S/C8H17S/c1-4-7(3)8(5-2)6-9/h7-8H,4-6H2,1-3H3. The van der Waals surface area contributed by atoms with Gasteiger partial charge < -0.3 is 0 Å². The molecule has 9 heavy (non-hydrogen) atoms. The topological polar surface area (TPSA) is 0 Å². The molecule has 55 valence electrons. The molecular formula is C8H17S. The molecule has 0 amide bonds. The molecule has 2 unspecified atom stereocenters. The molecule has 0 spiro atoms. The van der Waals surface area contributed by atoms with Crippen molar-refractivity contribution in [1.82, 2.24) is 0 Å². The van der Waals surface area contributed by atoms with E-state index in [-0.39, 0.29) is 0 Å². The maximum absolute atomic E-state index is 5.02. The first-order valence-corrected chi connectivity index (χ1v) is 4.42. The fraction of sp³-hybridized carbons (Fsp3) is 1.00. The van der Waals surface area contributed by atoms with Crippen molar-refractivity contribution in [2.75, 3.05) is 5.75 Å². The fourth-order valence-electron chi connectivity index (χ4n) is 1.02. The van der Waals surface area contributed by atoms with Crippen LogP contribution in [0.1, 0.15) is 33.6 Å². The van der Waals surface area contributed by atoms with Gasteiger partial charge in [0.2, 0.25) is 0 Å². The molecule has 0 rings (SSSR count). The summed E-state index contributed by atoms with van der Waals surface area (Å²) >= 11 is 5.02. The van der Waals surface area contributed by atoms with Crippen LogP contribution < -0.4 is 0 Å². The molecule has 0 aromatic heterocycles. The minimum Gasteiger partial charge on any atom is -0.0938 e. The van der Waals surface area contributed by atoms with Crippen LogP contribution >= 0.6 is 12.6 Å². The first kappa shape index (κ1) is 9.35. The van der Waals surface area contributed by atoms with Crippen LogP contribution in [0, 0.1) is 11.8 Å². The maximum atomic E-state index is 5.02. The predicted octanol–water partition coefficient (Wildman–Crippen LogP) is 3.26. The van der Waals surface area contributed by atoms with Crippen molar-refractivity contribution in [3.05, 3.63) is 0 Å². The predicted molar refractivity (Wildman–Crippen MR) is 45.7 cm³/mol. The van der Waals surface area contributed by atoms with Crippen molar-refractivity contribution in [2.45, 2.75) is 33.6 Å². The van der Waals surface area contributed by atoms with E-state index in [0.29, 0.717) is 0 Å². The molecule has 0 N–H and O–H groups in total. The molecule has 0 fully saturated rings. The third-order valence-corrected chi connectivity index (χ3v) is 2.62. The highest BCUT2D eigenvalue weighted by molar-refractivity contribution is 7.80. The molecule has 0 heterocycles. The van der Waals surface area contributed by atoms with Gasteiger partial charge in [0.15, 0.2) is 0 Å². The van der Waals surface area contributed by atoms with Gasteiger partial charge in [0.1, 0.15) is 0 Å². The molecule has 0 saturated carbocycles. The lowest BCUT2D eigenvalue weighted by Crippen LogP contribution is -2.10. The monoisotopic (exact) mass is 145 g/mol. The van der Waals surface area contributed by atoms with Gasteiger partial charge in [-0.1, -0.05) is 46.2 Å². The summed E-state index contributed by atoms with van der Waals surface area (Å²) in [5.74, 6) is 2.54. The normalized spacial score (nSPS) is 17.3. The van der Waals surface area contributed by atoms with Crippen LogP contribution in [0.5, 0.6) is 0 Å². The van der Waals surface area contributed by atoms with Crippen LogP contribution in [0.2, 0.25) is 0 Å². The quantitative estimate of drug-likeness (QED) is 0.569. The second-order valence-corrected chi connectivity index (χ2v) is 3.05. The third-order valence-electron chi connectivity index (χ3n) is 2.19. The lowest BCUT2D eigenvalue weighted by molar-refractivity contribution is 0.374. The highest BCUT2D eigenvalue weighted by Crippen LogP contribution is 2.19. The molecule has 0 aromatic rings. The summed E-state index contributed by atoms with van der Waals surface area (Å²) < 4.78 is 0. The lowest BCUT2D eigenvalue weighted by Gasteiger charge is -2.17. The highest BCUT2D eigenvalue weighted by Gasteiger charge is 2.10. The molecule has 2 atom stereocenters. The minimum atomic E-state index is 0.782. The summed E-state index contributed by atoms with van der Waals surface area (Å²) in [6.07, 6.45) is 2.52. The van der Waals surface area contributed by atoms with Gasteiger partial charge in [0.05, 0.1) is 0 Å². The Morgan fingerprint density at radius 1 is 1.22 bits per heavy atom. The Balaban J connectivity index is 3.50. The van der Waals surface area contributed by atoms with Gasteiger partial charge in [-0.2, -0.15) is 0 Å². The maximum Gasteiger partial charge on any atom is 0.00677 e. The van der Waals surface area contributed by atoms with Crippen LogP contribution in [-0.4, -0.2) is 5.75 Å².